The zero-order valence-corrected chi connectivity index (χ0v) is 12.5. The first-order valence-corrected chi connectivity index (χ1v) is 7.41. The van der Waals surface area contributed by atoms with Crippen LogP contribution in [0.1, 0.15) is 25.7 Å². The molecule has 1 aliphatic heterocycles. The Morgan fingerprint density at radius 3 is 2.41 bits per heavy atom. The summed E-state index contributed by atoms with van der Waals surface area (Å²) >= 11 is 6.00. The standard InChI is InChI=1S/C16H13ClN2O3/c17-13-6-5-10(9-14(13)22-8-7-18)19-15(20)11-3-1-2-4-12(11)16(19)21/h5-6,9H,1-4,8H2. The Kier molecular flexibility index (Phi) is 3.86. The van der Waals surface area contributed by atoms with Crippen LogP contribution < -0.4 is 9.64 Å². The number of anilines is 1. The normalized spacial score (nSPS) is 17.5. The van der Waals surface area contributed by atoms with Crippen LogP contribution in [0.5, 0.6) is 5.75 Å². The van der Waals surface area contributed by atoms with E-state index >= 15 is 0 Å². The van der Waals surface area contributed by atoms with Gasteiger partial charge in [-0.3, -0.25) is 9.59 Å². The van der Waals surface area contributed by atoms with Gasteiger partial charge in [-0.2, -0.15) is 5.26 Å². The topological polar surface area (TPSA) is 70.4 Å². The number of nitrogens with zero attached hydrogens (tertiary/aromatic N) is 2. The van der Waals surface area contributed by atoms with Crippen molar-refractivity contribution >= 4 is 29.1 Å². The third kappa shape index (κ3) is 2.36. The molecule has 0 spiro atoms. The molecule has 1 heterocycles. The van der Waals surface area contributed by atoms with Crippen LogP contribution in [0, 0.1) is 11.3 Å². The van der Waals surface area contributed by atoms with Crippen molar-refractivity contribution in [3.63, 3.8) is 0 Å². The molecule has 0 aromatic heterocycles. The minimum atomic E-state index is -0.256. The van der Waals surface area contributed by atoms with Crippen molar-refractivity contribution in [2.45, 2.75) is 25.7 Å². The summed E-state index contributed by atoms with van der Waals surface area (Å²) in [5.74, 6) is -0.229. The van der Waals surface area contributed by atoms with Gasteiger partial charge in [-0.15, -0.1) is 0 Å². The van der Waals surface area contributed by atoms with Crippen molar-refractivity contribution in [2.75, 3.05) is 11.5 Å². The summed E-state index contributed by atoms with van der Waals surface area (Å²) in [6.07, 6.45) is 3.18. The highest BCUT2D eigenvalue weighted by atomic mass is 35.5. The van der Waals surface area contributed by atoms with E-state index < -0.39 is 0 Å². The van der Waals surface area contributed by atoms with Crippen LogP contribution in [-0.4, -0.2) is 18.4 Å². The molecular formula is C16H13ClN2O3. The quantitative estimate of drug-likeness (QED) is 0.804. The molecule has 0 atom stereocenters. The zero-order chi connectivity index (χ0) is 15.7. The summed E-state index contributed by atoms with van der Waals surface area (Å²) in [5.41, 5.74) is 1.68. The highest BCUT2D eigenvalue weighted by molar-refractivity contribution is 6.34. The molecule has 0 saturated heterocycles. The molecule has 0 fully saturated rings. The molecule has 0 saturated carbocycles. The van der Waals surface area contributed by atoms with Crippen LogP contribution in [0.15, 0.2) is 29.3 Å². The summed E-state index contributed by atoms with van der Waals surface area (Å²) in [6, 6.07) is 6.54. The van der Waals surface area contributed by atoms with Gasteiger partial charge in [0.25, 0.3) is 11.8 Å². The zero-order valence-electron chi connectivity index (χ0n) is 11.8. The van der Waals surface area contributed by atoms with Gasteiger partial charge in [-0.25, -0.2) is 4.90 Å². The van der Waals surface area contributed by atoms with E-state index in [1.165, 1.54) is 11.0 Å². The average molecular weight is 317 g/mol. The largest absolute Gasteiger partial charge is 0.477 e. The molecule has 3 rings (SSSR count). The van der Waals surface area contributed by atoms with Crippen LogP contribution in [-0.2, 0) is 9.59 Å². The Hall–Kier alpha value is -2.32. The molecule has 22 heavy (non-hydrogen) atoms. The highest BCUT2D eigenvalue weighted by Gasteiger charge is 2.39. The van der Waals surface area contributed by atoms with Gasteiger partial charge in [0.15, 0.2) is 6.61 Å². The molecule has 1 aromatic rings. The minimum absolute atomic E-state index is 0.153. The van der Waals surface area contributed by atoms with Crippen molar-refractivity contribution in [2.24, 2.45) is 0 Å². The van der Waals surface area contributed by atoms with E-state index in [9.17, 15) is 9.59 Å². The van der Waals surface area contributed by atoms with E-state index in [2.05, 4.69) is 0 Å². The molecule has 2 aliphatic rings. The first-order chi connectivity index (χ1) is 10.6. The Morgan fingerprint density at radius 1 is 1.18 bits per heavy atom. The lowest BCUT2D eigenvalue weighted by Gasteiger charge is -2.16. The third-order valence-electron chi connectivity index (χ3n) is 3.86. The smallest absolute Gasteiger partial charge is 0.261 e. The van der Waals surface area contributed by atoms with Gasteiger partial charge in [0.05, 0.1) is 10.7 Å². The van der Waals surface area contributed by atoms with Crippen molar-refractivity contribution in [1.82, 2.24) is 0 Å². The van der Waals surface area contributed by atoms with Gasteiger partial charge in [0.1, 0.15) is 11.8 Å². The maximum atomic E-state index is 12.5. The molecule has 2 amide bonds. The molecular weight excluding hydrogens is 304 g/mol. The number of nitriles is 1. The number of benzene rings is 1. The van der Waals surface area contributed by atoms with Gasteiger partial charge < -0.3 is 4.74 Å². The number of hydrogen-bond donors (Lipinski definition) is 0. The van der Waals surface area contributed by atoms with Crippen molar-refractivity contribution < 1.29 is 14.3 Å². The molecule has 0 unspecified atom stereocenters. The van der Waals surface area contributed by atoms with Gasteiger partial charge in [-0.1, -0.05) is 11.6 Å². The maximum Gasteiger partial charge on any atom is 0.261 e. The number of rotatable bonds is 3. The van der Waals surface area contributed by atoms with Gasteiger partial charge in [-0.05, 0) is 37.8 Å². The molecule has 5 nitrogen and oxygen atoms in total. The molecule has 0 radical (unpaired) electrons. The molecule has 1 aliphatic carbocycles. The Labute approximate surface area is 132 Å². The van der Waals surface area contributed by atoms with Crippen LogP contribution in [0.2, 0.25) is 5.02 Å². The first-order valence-electron chi connectivity index (χ1n) is 7.03. The van der Waals surface area contributed by atoms with E-state index in [0.717, 1.165) is 12.8 Å². The summed E-state index contributed by atoms with van der Waals surface area (Å²) in [6.45, 7) is -0.153. The number of carbonyl (C=O) groups excluding carboxylic acids is 2. The molecule has 0 N–H and O–H groups in total. The lowest BCUT2D eigenvalue weighted by Crippen LogP contribution is -2.31. The van der Waals surface area contributed by atoms with Crippen molar-refractivity contribution in [3.05, 3.63) is 34.4 Å². The van der Waals surface area contributed by atoms with Crippen LogP contribution in [0.3, 0.4) is 0 Å². The number of amides is 2. The molecule has 1 aromatic carbocycles. The fourth-order valence-corrected chi connectivity index (χ4v) is 3.00. The van der Waals surface area contributed by atoms with Gasteiger partial charge >= 0.3 is 0 Å². The summed E-state index contributed by atoms with van der Waals surface area (Å²) in [5, 5.41) is 8.91. The fraction of sp³-hybridized carbons (Fsp3) is 0.312. The Morgan fingerprint density at radius 2 is 1.82 bits per heavy atom. The SMILES string of the molecule is N#CCOc1cc(N2C(=O)C3=C(CCCC3)C2=O)ccc1Cl. The Bertz CT molecular complexity index is 705. The lowest BCUT2D eigenvalue weighted by atomic mass is 9.93. The maximum absolute atomic E-state index is 12.5. The first kappa shape index (κ1) is 14.6. The van der Waals surface area contributed by atoms with Gasteiger partial charge in [0, 0.05) is 17.2 Å². The number of hydrogen-bond acceptors (Lipinski definition) is 4. The predicted molar refractivity (Wildman–Crippen MR) is 80.5 cm³/mol. The summed E-state index contributed by atoms with van der Waals surface area (Å²) in [7, 11) is 0. The molecule has 6 heteroatoms. The highest BCUT2D eigenvalue weighted by Crippen LogP contribution is 2.37. The van der Waals surface area contributed by atoms with E-state index in [-0.39, 0.29) is 24.2 Å². The van der Waals surface area contributed by atoms with E-state index in [1.807, 2.05) is 6.07 Å². The molecule has 0 bridgehead atoms. The van der Waals surface area contributed by atoms with Crippen LogP contribution >= 0.6 is 11.6 Å². The van der Waals surface area contributed by atoms with Crippen molar-refractivity contribution in [1.29, 1.82) is 5.26 Å². The molecule has 112 valence electrons. The monoisotopic (exact) mass is 316 g/mol. The van der Waals surface area contributed by atoms with Crippen molar-refractivity contribution in [3.8, 4) is 11.8 Å². The second-order valence-electron chi connectivity index (χ2n) is 5.17. The third-order valence-corrected chi connectivity index (χ3v) is 4.17. The van der Waals surface area contributed by atoms with E-state index in [1.54, 1.807) is 12.1 Å². The summed E-state index contributed by atoms with van der Waals surface area (Å²) < 4.78 is 5.22. The van der Waals surface area contributed by atoms with Gasteiger partial charge in [0.2, 0.25) is 0 Å². The van der Waals surface area contributed by atoms with E-state index in [4.69, 9.17) is 21.6 Å². The number of carbonyl (C=O) groups is 2. The fourth-order valence-electron chi connectivity index (χ4n) is 2.83. The van der Waals surface area contributed by atoms with Crippen LogP contribution in [0.4, 0.5) is 5.69 Å². The predicted octanol–water partition coefficient (Wildman–Crippen LogP) is 2.99. The Balaban J connectivity index is 1.94. The second kappa shape index (κ2) is 5.82. The number of imide groups is 1. The second-order valence-corrected chi connectivity index (χ2v) is 5.58. The number of ether oxygens (including phenoxy) is 1. The van der Waals surface area contributed by atoms with Crippen LogP contribution in [0.25, 0.3) is 0 Å². The lowest BCUT2D eigenvalue weighted by molar-refractivity contribution is -0.120. The number of halogens is 1. The van der Waals surface area contributed by atoms with E-state index in [0.29, 0.717) is 34.7 Å². The minimum Gasteiger partial charge on any atom is -0.477 e. The summed E-state index contributed by atoms with van der Waals surface area (Å²) in [4.78, 5) is 26.1. The average Bonchev–Trinajstić information content (AvgIpc) is 2.79.